The summed E-state index contributed by atoms with van der Waals surface area (Å²) in [5.74, 6) is 0. The Kier molecular flexibility index (Phi) is 3.62. The van der Waals surface area contributed by atoms with Gasteiger partial charge in [-0.1, -0.05) is 12.1 Å². The number of hydrogen-bond donors (Lipinski definition) is 0. The van der Waals surface area contributed by atoms with Gasteiger partial charge in [-0.3, -0.25) is 4.79 Å². The highest BCUT2D eigenvalue weighted by molar-refractivity contribution is 5.74. The van der Waals surface area contributed by atoms with Gasteiger partial charge in [0.2, 0.25) is 0 Å². The number of hydrogen-bond acceptors (Lipinski definition) is 3. The molecule has 0 unspecified atom stereocenters. The first-order chi connectivity index (χ1) is 9.45. The lowest BCUT2D eigenvalue weighted by atomic mass is 9.97. The Balaban J connectivity index is 2.67. The highest BCUT2D eigenvalue weighted by atomic mass is 16.1. The van der Waals surface area contributed by atoms with Gasteiger partial charge in [-0.2, -0.15) is 5.26 Å². The van der Waals surface area contributed by atoms with Crippen molar-refractivity contribution < 1.29 is 0 Å². The summed E-state index contributed by atoms with van der Waals surface area (Å²) >= 11 is 0. The SMILES string of the molecule is Cc1cn(C)c(=O)c(C#N)c1-c1ccc(N(C)C)cc1. The van der Waals surface area contributed by atoms with Crippen LogP contribution in [-0.4, -0.2) is 18.7 Å². The minimum Gasteiger partial charge on any atom is -0.378 e. The third-order valence-electron chi connectivity index (χ3n) is 3.35. The molecule has 0 saturated heterocycles. The molecule has 102 valence electrons. The average Bonchev–Trinajstić information content (AvgIpc) is 2.42. The molecule has 2 rings (SSSR count). The van der Waals surface area contributed by atoms with Crippen molar-refractivity contribution in [2.45, 2.75) is 6.92 Å². The van der Waals surface area contributed by atoms with Gasteiger partial charge in [-0.05, 0) is 30.2 Å². The lowest BCUT2D eigenvalue weighted by molar-refractivity contribution is 0.848. The van der Waals surface area contributed by atoms with Crippen molar-refractivity contribution in [3.8, 4) is 17.2 Å². The predicted molar refractivity (Wildman–Crippen MR) is 80.9 cm³/mol. The van der Waals surface area contributed by atoms with Crippen LogP contribution in [0.25, 0.3) is 11.1 Å². The molecule has 2 aromatic rings. The van der Waals surface area contributed by atoms with E-state index in [0.717, 1.165) is 22.4 Å². The maximum atomic E-state index is 12.1. The average molecular weight is 267 g/mol. The second-order valence-electron chi connectivity index (χ2n) is 5.03. The van der Waals surface area contributed by atoms with Crippen LogP contribution in [0, 0.1) is 18.3 Å². The highest BCUT2D eigenvalue weighted by Gasteiger charge is 2.13. The molecular weight excluding hydrogens is 250 g/mol. The molecule has 20 heavy (non-hydrogen) atoms. The summed E-state index contributed by atoms with van der Waals surface area (Å²) in [6, 6.07) is 9.88. The number of aryl methyl sites for hydroxylation is 2. The Labute approximate surface area is 118 Å². The van der Waals surface area contributed by atoms with E-state index in [9.17, 15) is 10.1 Å². The van der Waals surface area contributed by atoms with Gasteiger partial charge in [0, 0.05) is 38.6 Å². The first kappa shape index (κ1) is 13.9. The van der Waals surface area contributed by atoms with Gasteiger partial charge in [0.05, 0.1) is 0 Å². The van der Waals surface area contributed by atoms with Crippen LogP contribution >= 0.6 is 0 Å². The molecule has 4 nitrogen and oxygen atoms in total. The van der Waals surface area contributed by atoms with E-state index in [-0.39, 0.29) is 11.1 Å². The van der Waals surface area contributed by atoms with E-state index in [1.165, 1.54) is 4.57 Å². The molecule has 0 fully saturated rings. The van der Waals surface area contributed by atoms with E-state index in [1.807, 2.05) is 56.3 Å². The molecule has 0 aliphatic carbocycles. The lowest BCUT2D eigenvalue weighted by Gasteiger charge is -2.14. The Morgan fingerprint density at radius 2 is 1.80 bits per heavy atom. The van der Waals surface area contributed by atoms with Crippen molar-refractivity contribution in [1.82, 2.24) is 4.57 Å². The van der Waals surface area contributed by atoms with Crippen LogP contribution in [0.5, 0.6) is 0 Å². The zero-order valence-electron chi connectivity index (χ0n) is 12.1. The molecule has 0 saturated carbocycles. The van der Waals surface area contributed by atoms with E-state index in [2.05, 4.69) is 0 Å². The van der Waals surface area contributed by atoms with Crippen molar-refractivity contribution >= 4 is 5.69 Å². The second-order valence-corrected chi connectivity index (χ2v) is 5.03. The quantitative estimate of drug-likeness (QED) is 0.839. The molecule has 4 heteroatoms. The molecule has 1 aromatic carbocycles. The van der Waals surface area contributed by atoms with Crippen LogP contribution in [0.3, 0.4) is 0 Å². The van der Waals surface area contributed by atoms with Gasteiger partial charge < -0.3 is 9.47 Å². The standard InChI is InChI=1S/C16H17N3O/c1-11-10-19(4)16(20)14(9-17)15(11)12-5-7-13(8-6-12)18(2)3/h5-8,10H,1-4H3. The number of nitriles is 1. The molecule has 0 aliphatic rings. The number of benzene rings is 1. The third-order valence-corrected chi connectivity index (χ3v) is 3.35. The minimum absolute atomic E-state index is 0.199. The van der Waals surface area contributed by atoms with Crippen LogP contribution < -0.4 is 10.5 Å². The Morgan fingerprint density at radius 3 is 2.30 bits per heavy atom. The molecule has 0 radical (unpaired) electrons. The molecule has 1 aromatic heterocycles. The fourth-order valence-corrected chi connectivity index (χ4v) is 2.30. The summed E-state index contributed by atoms with van der Waals surface area (Å²) in [5, 5.41) is 9.28. The van der Waals surface area contributed by atoms with Crippen LogP contribution in [-0.2, 0) is 7.05 Å². The molecule has 0 amide bonds. The van der Waals surface area contributed by atoms with Crippen molar-refractivity contribution in [2.75, 3.05) is 19.0 Å². The van der Waals surface area contributed by atoms with Crippen molar-refractivity contribution in [3.05, 3.63) is 51.9 Å². The van der Waals surface area contributed by atoms with Gasteiger partial charge in [0.25, 0.3) is 5.56 Å². The van der Waals surface area contributed by atoms with Gasteiger partial charge in [-0.15, -0.1) is 0 Å². The number of anilines is 1. The van der Waals surface area contributed by atoms with Gasteiger partial charge >= 0.3 is 0 Å². The fraction of sp³-hybridized carbons (Fsp3) is 0.250. The molecule has 0 aliphatic heterocycles. The summed E-state index contributed by atoms with van der Waals surface area (Å²) < 4.78 is 1.45. The molecular formula is C16H17N3O. The summed E-state index contributed by atoms with van der Waals surface area (Å²) in [6.07, 6.45) is 1.76. The number of rotatable bonds is 2. The predicted octanol–water partition coefficient (Wildman–Crippen LogP) is 2.30. The van der Waals surface area contributed by atoms with Gasteiger partial charge in [-0.25, -0.2) is 0 Å². The van der Waals surface area contributed by atoms with E-state index in [0.29, 0.717) is 0 Å². The summed E-state index contributed by atoms with van der Waals surface area (Å²) in [5.41, 5.74) is 3.55. The minimum atomic E-state index is -0.259. The van der Waals surface area contributed by atoms with E-state index in [4.69, 9.17) is 0 Å². The van der Waals surface area contributed by atoms with E-state index < -0.39 is 0 Å². The first-order valence-corrected chi connectivity index (χ1v) is 6.33. The van der Waals surface area contributed by atoms with Crippen molar-refractivity contribution in [1.29, 1.82) is 5.26 Å². The summed E-state index contributed by atoms with van der Waals surface area (Å²) in [7, 11) is 5.60. The highest BCUT2D eigenvalue weighted by Crippen LogP contribution is 2.26. The fourth-order valence-electron chi connectivity index (χ4n) is 2.30. The molecule has 1 heterocycles. The maximum absolute atomic E-state index is 12.1. The van der Waals surface area contributed by atoms with Gasteiger partial charge in [0.1, 0.15) is 11.6 Å². The van der Waals surface area contributed by atoms with E-state index in [1.54, 1.807) is 13.2 Å². The normalized spacial score (nSPS) is 10.2. The number of nitrogens with zero attached hydrogens (tertiary/aromatic N) is 3. The van der Waals surface area contributed by atoms with E-state index >= 15 is 0 Å². The van der Waals surface area contributed by atoms with Crippen LogP contribution in [0.4, 0.5) is 5.69 Å². The first-order valence-electron chi connectivity index (χ1n) is 6.33. The smallest absolute Gasteiger partial charge is 0.268 e. The topological polar surface area (TPSA) is 49.0 Å². The molecule has 0 atom stereocenters. The summed E-state index contributed by atoms with van der Waals surface area (Å²) in [6.45, 7) is 1.91. The number of aromatic nitrogens is 1. The molecule has 0 N–H and O–H groups in total. The Bertz CT molecular complexity index is 734. The third kappa shape index (κ3) is 2.30. The number of pyridine rings is 1. The largest absolute Gasteiger partial charge is 0.378 e. The van der Waals surface area contributed by atoms with Gasteiger partial charge in [0.15, 0.2) is 0 Å². The van der Waals surface area contributed by atoms with Crippen LogP contribution in [0.2, 0.25) is 0 Å². The van der Waals surface area contributed by atoms with Crippen LogP contribution in [0.15, 0.2) is 35.3 Å². The van der Waals surface area contributed by atoms with Crippen molar-refractivity contribution in [2.24, 2.45) is 7.05 Å². The lowest BCUT2D eigenvalue weighted by Crippen LogP contribution is -2.21. The zero-order valence-corrected chi connectivity index (χ0v) is 12.1. The maximum Gasteiger partial charge on any atom is 0.268 e. The molecule has 0 bridgehead atoms. The monoisotopic (exact) mass is 267 g/mol. The molecule has 0 spiro atoms. The van der Waals surface area contributed by atoms with Crippen LogP contribution in [0.1, 0.15) is 11.1 Å². The zero-order chi connectivity index (χ0) is 14.9. The Morgan fingerprint density at radius 1 is 1.20 bits per heavy atom. The Hall–Kier alpha value is -2.54. The van der Waals surface area contributed by atoms with Crippen molar-refractivity contribution in [3.63, 3.8) is 0 Å². The summed E-state index contributed by atoms with van der Waals surface area (Å²) in [4.78, 5) is 14.1. The second kappa shape index (κ2) is 5.22.